The number of nitrogens with two attached hydrogens (primary N) is 1. The van der Waals surface area contributed by atoms with Gasteiger partial charge in [-0.15, -0.1) is 0 Å². The molecular weight excluding hydrogens is 348 g/mol. The van der Waals surface area contributed by atoms with Crippen molar-refractivity contribution in [2.75, 3.05) is 0 Å². The molecule has 2 N–H and O–H groups in total. The van der Waals surface area contributed by atoms with E-state index in [1.54, 1.807) is 42.6 Å². The average Bonchev–Trinajstić information content (AvgIpc) is 2.69. The van der Waals surface area contributed by atoms with Crippen LogP contribution < -0.4 is 10.5 Å². The lowest BCUT2D eigenvalue weighted by Gasteiger charge is -2.09. The third-order valence-electron chi connectivity index (χ3n) is 3.52. The lowest BCUT2D eigenvalue weighted by molar-refractivity contribution is -0.384. The first-order valence-electron chi connectivity index (χ1n) is 8.00. The summed E-state index contributed by atoms with van der Waals surface area (Å²) in [6.07, 6.45) is 1.58. The van der Waals surface area contributed by atoms with Crippen LogP contribution in [-0.4, -0.2) is 15.7 Å². The molecule has 0 aliphatic rings. The fraction of sp³-hybridized carbons (Fsp3) is 0.0526. The zero-order chi connectivity index (χ0) is 19.1. The molecule has 0 radical (unpaired) electrons. The molecule has 1 heterocycles. The zero-order valence-electron chi connectivity index (χ0n) is 14.2. The molecule has 136 valence electrons. The first kappa shape index (κ1) is 17.9. The Morgan fingerprint density at radius 3 is 2.70 bits per heavy atom. The van der Waals surface area contributed by atoms with Crippen LogP contribution in [0.3, 0.4) is 0 Å². The van der Waals surface area contributed by atoms with Crippen LogP contribution >= 0.6 is 0 Å². The van der Waals surface area contributed by atoms with E-state index in [0.717, 1.165) is 0 Å². The van der Waals surface area contributed by atoms with E-state index in [9.17, 15) is 10.1 Å². The Hall–Kier alpha value is -3.94. The number of nitro groups is 1. The highest BCUT2D eigenvalue weighted by Crippen LogP contribution is 2.22. The van der Waals surface area contributed by atoms with Gasteiger partial charge in [0.15, 0.2) is 5.84 Å². The number of pyridine rings is 1. The molecule has 0 saturated heterocycles. The van der Waals surface area contributed by atoms with Crippen molar-refractivity contribution in [1.29, 1.82) is 0 Å². The Labute approximate surface area is 155 Å². The molecule has 0 fully saturated rings. The molecule has 8 nitrogen and oxygen atoms in total. The van der Waals surface area contributed by atoms with Gasteiger partial charge in [0.05, 0.1) is 10.5 Å². The summed E-state index contributed by atoms with van der Waals surface area (Å²) < 4.78 is 5.73. The molecule has 0 spiro atoms. The van der Waals surface area contributed by atoms with Crippen molar-refractivity contribution >= 4 is 11.5 Å². The van der Waals surface area contributed by atoms with E-state index in [-0.39, 0.29) is 18.1 Å². The summed E-state index contributed by atoms with van der Waals surface area (Å²) in [6.45, 7) is 0.0392. The summed E-state index contributed by atoms with van der Waals surface area (Å²) in [4.78, 5) is 19.7. The molecule has 27 heavy (non-hydrogen) atoms. The summed E-state index contributed by atoms with van der Waals surface area (Å²) in [7, 11) is 0. The van der Waals surface area contributed by atoms with Gasteiger partial charge in [0, 0.05) is 18.3 Å². The number of hydrogen-bond acceptors (Lipinski definition) is 6. The first-order valence-corrected chi connectivity index (χ1v) is 8.00. The van der Waals surface area contributed by atoms with Crippen molar-refractivity contribution in [2.24, 2.45) is 10.9 Å². The number of ether oxygens (including phenoxy) is 1. The Balaban J connectivity index is 1.71. The maximum Gasteiger partial charge on any atom is 0.269 e. The molecule has 0 saturated carbocycles. The van der Waals surface area contributed by atoms with E-state index in [1.165, 1.54) is 12.1 Å². The van der Waals surface area contributed by atoms with E-state index in [1.807, 2.05) is 18.2 Å². The number of aromatic nitrogens is 1. The van der Waals surface area contributed by atoms with Crippen LogP contribution in [0.15, 0.2) is 78.1 Å². The van der Waals surface area contributed by atoms with Gasteiger partial charge in [0.1, 0.15) is 12.4 Å². The fourth-order valence-corrected chi connectivity index (χ4v) is 2.25. The molecule has 2 aromatic carbocycles. The van der Waals surface area contributed by atoms with E-state index >= 15 is 0 Å². The normalized spacial score (nSPS) is 11.0. The molecule has 0 unspecified atom stereocenters. The topological polar surface area (TPSA) is 113 Å². The van der Waals surface area contributed by atoms with Crippen molar-refractivity contribution in [3.05, 3.63) is 94.2 Å². The van der Waals surface area contributed by atoms with Crippen molar-refractivity contribution in [2.45, 2.75) is 6.61 Å². The van der Waals surface area contributed by atoms with Gasteiger partial charge in [0.25, 0.3) is 5.69 Å². The number of amidine groups is 1. The summed E-state index contributed by atoms with van der Waals surface area (Å²) in [5.74, 6) is 0.992. The Bertz CT molecular complexity index is 961. The largest absolute Gasteiger partial charge is 0.438 e. The summed E-state index contributed by atoms with van der Waals surface area (Å²) in [6, 6.07) is 18.7. The van der Waals surface area contributed by atoms with Crippen molar-refractivity contribution in [3.8, 4) is 11.6 Å². The van der Waals surface area contributed by atoms with E-state index in [2.05, 4.69) is 10.1 Å². The van der Waals surface area contributed by atoms with Crippen molar-refractivity contribution in [1.82, 2.24) is 4.98 Å². The number of benzene rings is 2. The SMILES string of the molecule is N/C(=N/OCc1cccc([N+](=O)[O-])c1)c1cccnc1Oc1ccccc1. The van der Waals surface area contributed by atoms with E-state index < -0.39 is 4.92 Å². The first-order chi connectivity index (χ1) is 13.1. The standard InChI is InChI=1S/C19H16N4O4/c20-18(22-26-13-14-6-4-7-15(12-14)23(24)25)17-10-5-11-21-19(17)27-16-8-2-1-3-9-16/h1-12H,13H2,(H2,20,22). The van der Waals surface area contributed by atoms with Crippen LogP contribution in [0.2, 0.25) is 0 Å². The lowest BCUT2D eigenvalue weighted by Crippen LogP contribution is -2.15. The zero-order valence-corrected chi connectivity index (χ0v) is 14.2. The molecule has 0 amide bonds. The van der Waals surface area contributed by atoms with Crippen LogP contribution in [0.5, 0.6) is 11.6 Å². The van der Waals surface area contributed by atoms with Gasteiger partial charge in [0.2, 0.25) is 5.88 Å². The molecule has 0 bridgehead atoms. The maximum absolute atomic E-state index is 10.8. The van der Waals surface area contributed by atoms with Gasteiger partial charge in [-0.05, 0) is 29.8 Å². The molecule has 3 rings (SSSR count). The van der Waals surface area contributed by atoms with Crippen LogP contribution in [0.4, 0.5) is 5.69 Å². The summed E-state index contributed by atoms with van der Waals surface area (Å²) >= 11 is 0. The monoisotopic (exact) mass is 364 g/mol. The smallest absolute Gasteiger partial charge is 0.269 e. The Morgan fingerprint density at radius 1 is 1.11 bits per heavy atom. The summed E-state index contributed by atoms with van der Waals surface area (Å²) in [5.41, 5.74) is 7.05. The minimum Gasteiger partial charge on any atom is -0.438 e. The predicted octanol–water partition coefficient (Wildman–Crippen LogP) is 3.62. The molecule has 0 aliphatic heterocycles. The Kier molecular flexibility index (Phi) is 5.58. The van der Waals surface area contributed by atoms with Gasteiger partial charge in [-0.3, -0.25) is 10.1 Å². The highest BCUT2D eigenvalue weighted by molar-refractivity contribution is 5.99. The number of oxime groups is 1. The molecule has 8 heteroatoms. The quantitative estimate of drug-likeness (QED) is 0.296. The molecule has 1 aromatic heterocycles. The fourth-order valence-electron chi connectivity index (χ4n) is 2.25. The van der Waals surface area contributed by atoms with Gasteiger partial charge in [-0.2, -0.15) is 0 Å². The minimum atomic E-state index is -0.468. The van der Waals surface area contributed by atoms with Gasteiger partial charge < -0.3 is 15.3 Å². The predicted molar refractivity (Wildman–Crippen MR) is 99.4 cm³/mol. The summed E-state index contributed by atoms with van der Waals surface area (Å²) in [5, 5.41) is 14.7. The second-order valence-corrected chi connectivity index (χ2v) is 5.45. The highest BCUT2D eigenvalue weighted by Gasteiger charge is 2.11. The number of para-hydroxylation sites is 1. The highest BCUT2D eigenvalue weighted by atomic mass is 16.6. The van der Waals surface area contributed by atoms with Crippen molar-refractivity contribution < 1.29 is 14.5 Å². The number of nitro benzene ring substituents is 1. The Morgan fingerprint density at radius 2 is 1.93 bits per heavy atom. The molecule has 0 atom stereocenters. The number of nitrogens with zero attached hydrogens (tertiary/aromatic N) is 3. The van der Waals surface area contributed by atoms with Crippen LogP contribution in [0, 0.1) is 10.1 Å². The lowest BCUT2D eigenvalue weighted by atomic mass is 10.2. The van der Waals surface area contributed by atoms with Crippen molar-refractivity contribution in [3.63, 3.8) is 0 Å². The van der Waals surface area contributed by atoms with Crippen LogP contribution in [0.25, 0.3) is 0 Å². The van der Waals surface area contributed by atoms with Gasteiger partial charge in [-0.25, -0.2) is 4.98 Å². The molecule has 3 aromatic rings. The third kappa shape index (κ3) is 4.79. The van der Waals surface area contributed by atoms with Gasteiger partial charge in [-0.1, -0.05) is 35.5 Å². The minimum absolute atomic E-state index is 0.0149. The number of hydrogen-bond donors (Lipinski definition) is 1. The second-order valence-electron chi connectivity index (χ2n) is 5.45. The second kappa shape index (κ2) is 8.43. The molecule has 0 aliphatic carbocycles. The van der Waals surface area contributed by atoms with Crippen LogP contribution in [0.1, 0.15) is 11.1 Å². The third-order valence-corrected chi connectivity index (χ3v) is 3.52. The van der Waals surface area contributed by atoms with Crippen LogP contribution in [-0.2, 0) is 11.4 Å². The number of non-ortho nitro benzene ring substituents is 1. The van der Waals surface area contributed by atoms with E-state index in [4.69, 9.17) is 15.3 Å². The molecular formula is C19H16N4O4. The number of rotatable bonds is 7. The van der Waals surface area contributed by atoms with Gasteiger partial charge >= 0.3 is 0 Å². The average molecular weight is 364 g/mol. The van der Waals surface area contributed by atoms with E-state index in [0.29, 0.717) is 22.8 Å². The maximum atomic E-state index is 10.8.